The van der Waals surface area contributed by atoms with Crippen molar-refractivity contribution in [1.82, 2.24) is 0 Å². The average Bonchev–Trinajstić information content (AvgIpc) is 2.96. The lowest BCUT2D eigenvalue weighted by molar-refractivity contribution is 0.495. The Morgan fingerprint density at radius 1 is 1.28 bits per heavy atom. The summed E-state index contributed by atoms with van der Waals surface area (Å²) in [7, 11) is 0. The highest BCUT2D eigenvalue weighted by atomic mass is 32.1. The maximum Gasteiger partial charge on any atom is 0.134 e. The number of thiophene rings is 1. The van der Waals surface area contributed by atoms with Gasteiger partial charge in [-0.2, -0.15) is 0 Å². The van der Waals surface area contributed by atoms with Gasteiger partial charge in [0, 0.05) is 16.7 Å². The number of furan rings is 1. The van der Waals surface area contributed by atoms with Crippen LogP contribution < -0.4 is 5.73 Å². The van der Waals surface area contributed by atoms with Crippen molar-refractivity contribution in [2.75, 3.05) is 0 Å². The molecular formula is C14H12FNOS. The monoisotopic (exact) mass is 261 g/mol. The smallest absolute Gasteiger partial charge is 0.134 e. The van der Waals surface area contributed by atoms with E-state index in [1.807, 2.05) is 23.6 Å². The van der Waals surface area contributed by atoms with Crippen LogP contribution in [-0.4, -0.2) is 0 Å². The van der Waals surface area contributed by atoms with Crippen LogP contribution in [0, 0.1) is 5.82 Å². The van der Waals surface area contributed by atoms with Crippen LogP contribution >= 0.6 is 11.3 Å². The summed E-state index contributed by atoms with van der Waals surface area (Å²) >= 11 is 1.67. The van der Waals surface area contributed by atoms with Crippen molar-refractivity contribution in [3.05, 3.63) is 58.2 Å². The van der Waals surface area contributed by atoms with Crippen molar-refractivity contribution < 1.29 is 8.81 Å². The molecule has 0 fully saturated rings. The number of fused-ring (bicyclic) bond motifs is 1. The van der Waals surface area contributed by atoms with E-state index in [9.17, 15) is 4.39 Å². The molecule has 0 saturated carbocycles. The molecule has 1 atom stereocenters. The number of hydrogen-bond donors (Lipinski definition) is 1. The fourth-order valence-corrected chi connectivity index (χ4v) is 2.73. The van der Waals surface area contributed by atoms with Crippen molar-refractivity contribution in [1.29, 1.82) is 0 Å². The molecule has 3 rings (SSSR count). The zero-order chi connectivity index (χ0) is 12.5. The molecule has 0 aliphatic rings. The van der Waals surface area contributed by atoms with Gasteiger partial charge in [-0.3, -0.25) is 0 Å². The predicted octanol–water partition coefficient (Wildman–Crippen LogP) is 3.88. The number of benzene rings is 1. The van der Waals surface area contributed by atoms with Gasteiger partial charge in [-0.1, -0.05) is 6.07 Å². The number of nitrogens with two attached hydrogens (primary N) is 1. The number of halogens is 1. The molecule has 92 valence electrons. The van der Waals surface area contributed by atoms with Crippen molar-refractivity contribution >= 4 is 22.3 Å². The van der Waals surface area contributed by atoms with Crippen LogP contribution in [0.25, 0.3) is 11.0 Å². The van der Waals surface area contributed by atoms with Crippen LogP contribution in [0.3, 0.4) is 0 Å². The minimum Gasteiger partial charge on any atom is -0.459 e. The van der Waals surface area contributed by atoms with Gasteiger partial charge in [0.25, 0.3) is 0 Å². The first-order chi connectivity index (χ1) is 8.72. The number of hydrogen-bond acceptors (Lipinski definition) is 3. The second kappa shape index (κ2) is 4.55. The molecule has 4 heteroatoms. The predicted molar refractivity (Wildman–Crippen MR) is 71.1 cm³/mol. The molecule has 2 heterocycles. The van der Waals surface area contributed by atoms with E-state index in [0.717, 1.165) is 11.8 Å². The van der Waals surface area contributed by atoms with E-state index in [0.29, 0.717) is 11.3 Å². The zero-order valence-corrected chi connectivity index (χ0v) is 10.4. The molecule has 0 aliphatic heterocycles. The molecular weight excluding hydrogens is 249 g/mol. The van der Waals surface area contributed by atoms with E-state index in [-0.39, 0.29) is 11.9 Å². The highest BCUT2D eigenvalue weighted by Crippen LogP contribution is 2.26. The summed E-state index contributed by atoms with van der Waals surface area (Å²) in [6, 6.07) is 10.1. The molecule has 2 aromatic heterocycles. The SMILES string of the molecule is NC(Cc1cccs1)c1cc2cc(F)ccc2o1. The third-order valence-electron chi connectivity index (χ3n) is 2.86. The minimum absolute atomic E-state index is 0.195. The molecule has 0 radical (unpaired) electrons. The average molecular weight is 261 g/mol. The quantitative estimate of drug-likeness (QED) is 0.777. The highest BCUT2D eigenvalue weighted by Gasteiger charge is 2.13. The Kier molecular flexibility index (Phi) is 2.89. The standard InChI is InChI=1S/C14H12FNOS/c15-10-3-4-13-9(6-10)7-14(17-13)12(16)8-11-2-1-5-18-11/h1-7,12H,8,16H2. The molecule has 1 aromatic carbocycles. The van der Waals surface area contributed by atoms with Crippen LogP contribution in [-0.2, 0) is 6.42 Å². The maximum absolute atomic E-state index is 13.1. The van der Waals surface area contributed by atoms with E-state index in [2.05, 4.69) is 0 Å². The maximum atomic E-state index is 13.1. The lowest BCUT2D eigenvalue weighted by atomic mass is 10.1. The Morgan fingerprint density at radius 2 is 2.17 bits per heavy atom. The Balaban J connectivity index is 1.89. The molecule has 0 bridgehead atoms. The number of rotatable bonds is 3. The zero-order valence-electron chi connectivity index (χ0n) is 9.60. The summed E-state index contributed by atoms with van der Waals surface area (Å²) in [5, 5.41) is 2.78. The van der Waals surface area contributed by atoms with Gasteiger partial charge in [-0.05, 0) is 35.7 Å². The van der Waals surface area contributed by atoms with Gasteiger partial charge in [0.2, 0.25) is 0 Å². The van der Waals surface area contributed by atoms with Crippen molar-refractivity contribution in [3.63, 3.8) is 0 Å². The molecule has 0 saturated heterocycles. The van der Waals surface area contributed by atoms with Gasteiger partial charge in [-0.15, -0.1) is 11.3 Å². The fraction of sp³-hybridized carbons (Fsp3) is 0.143. The highest BCUT2D eigenvalue weighted by molar-refractivity contribution is 7.09. The van der Waals surface area contributed by atoms with Crippen LogP contribution in [0.15, 0.2) is 46.2 Å². The van der Waals surface area contributed by atoms with E-state index in [1.165, 1.54) is 17.0 Å². The van der Waals surface area contributed by atoms with Crippen LogP contribution in [0.5, 0.6) is 0 Å². The third-order valence-corrected chi connectivity index (χ3v) is 3.76. The molecule has 0 aliphatic carbocycles. The minimum atomic E-state index is -0.262. The molecule has 1 unspecified atom stereocenters. The van der Waals surface area contributed by atoms with Gasteiger partial charge >= 0.3 is 0 Å². The Morgan fingerprint density at radius 3 is 2.94 bits per heavy atom. The first-order valence-electron chi connectivity index (χ1n) is 5.69. The molecule has 18 heavy (non-hydrogen) atoms. The van der Waals surface area contributed by atoms with Gasteiger partial charge < -0.3 is 10.2 Å². The summed E-state index contributed by atoms with van der Waals surface area (Å²) in [6.07, 6.45) is 0.736. The van der Waals surface area contributed by atoms with Gasteiger partial charge in [0.1, 0.15) is 17.2 Å². The second-order valence-electron chi connectivity index (χ2n) is 4.22. The van der Waals surface area contributed by atoms with E-state index < -0.39 is 0 Å². The van der Waals surface area contributed by atoms with Gasteiger partial charge in [-0.25, -0.2) is 4.39 Å². The van der Waals surface area contributed by atoms with E-state index in [1.54, 1.807) is 17.4 Å². The summed E-state index contributed by atoms with van der Waals surface area (Å²) in [5.74, 6) is 0.436. The molecule has 2 N–H and O–H groups in total. The van der Waals surface area contributed by atoms with Crippen LogP contribution in [0.2, 0.25) is 0 Å². The Hall–Kier alpha value is -1.65. The van der Waals surface area contributed by atoms with Crippen LogP contribution in [0.4, 0.5) is 4.39 Å². The normalized spacial score (nSPS) is 13.0. The van der Waals surface area contributed by atoms with Crippen molar-refractivity contribution in [2.24, 2.45) is 5.73 Å². The fourth-order valence-electron chi connectivity index (χ4n) is 1.96. The molecule has 3 aromatic rings. The van der Waals surface area contributed by atoms with Crippen LogP contribution in [0.1, 0.15) is 16.7 Å². The molecule has 0 amide bonds. The van der Waals surface area contributed by atoms with E-state index in [4.69, 9.17) is 10.2 Å². The first-order valence-corrected chi connectivity index (χ1v) is 6.57. The van der Waals surface area contributed by atoms with Gasteiger partial charge in [0.15, 0.2) is 0 Å². The summed E-state index contributed by atoms with van der Waals surface area (Å²) in [4.78, 5) is 1.22. The summed E-state index contributed by atoms with van der Waals surface area (Å²) < 4.78 is 18.7. The van der Waals surface area contributed by atoms with Crippen molar-refractivity contribution in [3.8, 4) is 0 Å². The second-order valence-corrected chi connectivity index (χ2v) is 5.25. The Bertz CT molecular complexity index is 660. The topological polar surface area (TPSA) is 39.2 Å². The van der Waals surface area contributed by atoms with E-state index >= 15 is 0 Å². The summed E-state index contributed by atoms with van der Waals surface area (Å²) in [6.45, 7) is 0. The molecule has 0 spiro atoms. The lowest BCUT2D eigenvalue weighted by Gasteiger charge is -2.05. The summed E-state index contributed by atoms with van der Waals surface area (Å²) in [5.41, 5.74) is 6.78. The van der Waals surface area contributed by atoms with Crippen molar-refractivity contribution in [2.45, 2.75) is 12.5 Å². The Labute approximate surface area is 108 Å². The first kappa shape index (κ1) is 11.4. The largest absolute Gasteiger partial charge is 0.459 e. The van der Waals surface area contributed by atoms with Gasteiger partial charge in [0.05, 0.1) is 6.04 Å². The molecule has 2 nitrogen and oxygen atoms in total. The lowest BCUT2D eigenvalue weighted by Crippen LogP contribution is -2.11. The third kappa shape index (κ3) is 2.17.